The Morgan fingerprint density at radius 1 is 0.839 bits per heavy atom. The van der Waals surface area contributed by atoms with Crippen LogP contribution in [0.4, 0.5) is 30.4 Å². The highest BCUT2D eigenvalue weighted by Gasteiger charge is 2.40. The van der Waals surface area contributed by atoms with E-state index in [1.54, 1.807) is 7.05 Å². The maximum absolute atomic E-state index is 13.5. The van der Waals surface area contributed by atoms with Crippen molar-refractivity contribution in [3.05, 3.63) is 28.6 Å². The van der Waals surface area contributed by atoms with Gasteiger partial charge < -0.3 is 0 Å². The zero-order valence-electron chi connectivity index (χ0n) is 18.7. The van der Waals surface area contributed by atoms with Crippen LogP contribution in [-0.2, 0) is 31.1 Å². The number of alkyl halides is 3. The summed E-state index contributed by atoms with van der Waals surface area (Å²) in [7, 11) is 3.03. The van der Waals surface area contributed by atoms with Crippen molar-refractivity contribution in [2.45, 2.75) is 58.5 Å². The molecule has 0 fully saturated rings. The van der Waals surface area contributed by atoms with E-state index in [4.69, 9.17) is 6.57 Å². The summed E-state index contributed by atoms with van der Waals surface area (Å²) >= 11 is 0. The van der Waals surface area contributed by atoms with Crippen LogP contribution >= 0.6 is 0 Å². The second-order valence-electron chi connectivity index (χ2n) is 9.33. The van der Waals surface area contributed by atoms with Crippen molar-refractivity contribution >= 4 is 22.8 Å². The SMILES string of the molecule is [C-]#[N+]c1c(C(C)(C)C)nn(C)c1/N=N/c1c(C(C)(C)C)nn2c(C(F)(F)F)nn(C)c12. The van der Waals surface area contributed by atoms with Gasteiger partial charge >= 0.3 is 6.18 Å². The monoisotopic (exact) mass is 435 g/mol. The highest BCUT2D eigenvalue weighted by Crippen LogP contribution is 2.41. The first-order valence-corrected chi connectivity index (χ1v) is 9.47. The molecule has 9 nitrogen and oxygen atoms in total. The Bertz CT molecular complexity index is 1220. The number of aryl methyl sites for hydroxylation is 2. The summed E-state index contributed by atoms with van der Waals surface area (Å²) in [6.07, 6.45) is -4.68. The first-order valence-electron chi connectivity index (χ1n) is 9.47. The van der Waals surface area contributed by atoms with E-state index >= 15 is 0 Å². The van der Waals surface area contributed by atoms with Crippen LogP contribution in [0.5, 0.6) is 0 Å². The molecule has 0 atom stereocenters. The van der Waals surface area contributed by atoms with Gasteiger partial charge in [0.05, 0.1) is 18.0 Å². The van der Waals surface area contributed by atoms with Gasteiger partial charge in [-0.1, -0.05) is 41.5 Å². The van der Waals surface area contributed by atoms with E-state index in [0.717, 1.165) is 9.20 Å². The van der Waals surface area contributed by atoms with Crippen LogP contribution in [-0.4, -0.2) is 29.2 Å². The van der Waals surface area contributed by atoms with Gasteiger partial charge in [0, 0.05) is 19.5 Å². The highest BCUT2D eigenvalue weighted by atomic mass is 19.4. The summed E-state index contributed by atoms with van der Waals surface area (Å²) < 4.78 is 43.6. The molecule has 0 aliphatic rings. The highest BCUT2D eigenvalue weighted by molar-refractivity contribution is 5.71. The number of halogens is 3. The van der Waals surface area contributed by atoms with Crippen LogP contribution in [0.3, 0.4) is 0 Å². The Morgan fingerprint density at radius 2 is 1.42 bits per heavy atom. The topological polar surface area (TPSA) is 82.0 Å². The molecule has 0 saturated carbocycles. The molecule has 3 aromatic rings. The van der Waals surface area contributed by atoms with Crippen molar-refractivity contribution < 1.29 is 13.2 Å². The number of rotatable bonds is 2. The zero-order chi connectivity index (χ0) is 23.5. The minimum atomic E-state index is -4.68. The van der Waals surface area contributed by atoms with Gasteiger partial charge in [-0.25, -0.2) is 9.53 Å². The molecule has 31 heavy (non-hydrogen) atoms. The number of hydrogen-bond acceptors (Lipinski definition) is 5. The van der Waals surface area contributed by atoms with Gasteiger partial charge in [-0.3, -0.25) is 4.68 Å². The van der Waals surface area contributed by atoms with E-state index in [1.165, 1.54) is 11.7 Å². The molecular weight excluding hydrogens is 411 g/mol. The van der Waals surface area contributed by atoms with E-state index in [-0.39, 0.29) is 22.8 Å². The predicted molar refractivity (Wildman–Crippen MR) is 108 cm³/mol. The third-order valence-corrected chi connectivity index (χ3v) is 4.61. The molecule has 0 saturated heterocycles. The maximum Gasteiger partial charge on any atom is 0.453 e. The van der Waals surface area contributed by atoms with Crippen molar-refractivity contribution in [3.63, 3.8) is 0 Å². The molecular formula is C19H24F3N9. The average Bonchev–Trinajstić information content (AvgIpc) is 3.23. The number of azo groups is 1. The zero-order valence-corrected chi connectivity index (χ0v) is 18.7. The third-order valence-electron chi connectivity index (χ3n) is 4.61. The van der Waals surface area contributed by atoms with Gasteiger partial charge in [0.2, 0.25) is 0 Å². The van der Waals surface area contributed by atoms with Crippen molar-refractivity contribution in [3.8, 4) is 0 Å². The molecule has 3 aromatic heterocycles. The molecule has 0 aliphatic carbocycles. The second kappa shape index (κ2) is 6.90. The predicted octanol–water partition coefficient (Wildman–Crippen LogP) is 5.38. The van der Waals surface area contributed by atoms with E-state index in [9.17, 15) is 13.2 Å². The lowest BCUT2D eigenvalue weighted by Crippen LogP contribution is -2.15. The van der Waals surface area contributed by atoms with E-state index in [2.05, 4.69) is 30.4 Å². The molecule has 12 heteroatoms. The van der Waals surface area contributed by atoms with Crippen LogP contribution in [0, 0.1) is 6.57 Å². The normalized spacial score (nSPS) is 13.5. The minimum absolute atomic E-state index is 0.0589. The Balaban J connectivity index is 2.28. The number of hydrogen-bond donors (Lipinski definition) is 0. The summed E-state index contributed by atoms with van der Waals surface area (Å²) in [5, 5.41) is 20.6. The van der Waals surface area contributed by atoms with Gasteiger partial charge in [-0.15, -0.1) is 15.3 Å². The Morgan fingerprint density at radius 3 is 1.90 bits per heavy atom. The third kappa shape index (κ3) is 3.80. The lowest BCUT2D eigenvalue weighted by atomic mass is 9.91. The molecule has 0 unspecified atom stereocenters. The second-order valence-corrected chi connectivity index (χ2v) is 9.33. The molecule has 166 valence electrons. The smallest absolute Gasteiger partial charge is 0.260 e. The van der Waals surface area contributed by atoms with Crippen LogP contribution in [0.15, 0.2) is 10.2 Å². The largest absolute Gasteiger partial charge is 0.453 e. The Labute approximate surface area is 177 Å². The average molecular weight is 435 g/mol. The first kappa shape index (κ1) is 22.5. The molecule has 3 rings (SSSR count). The van der Waals surface area contributed by atoms with Crippen molar-refractivity contribution in [2.75, 3.05) is 0 Å². The molecule has 0 amide bonds. The van der Waals surface area contributed by atoms with Gasteiger partial charge in [0.25, 0.3) is 11.5 Å². The lowest BCUT2D eigenvalue weighted by molar-refractivity contribution is -0.146. The quantitative estimate of drug-likeness (QED) is 0.400. The fourth-order valence-electron chi connectivity index (χ4n) is 3.17. The van der Waals surface area contributed by atoms with Gasteiger partial charge in [-0.2, -0.15) is 27.9 Å². The molecule has 0 N–H and O–H groups in total. The summed E-state index contributed by atoms with van der Waals surface area (Å²) in [5.41, 5.74) is 0.356. The fraction of sp³-hybridized carbons (Fsp3) is 0.579. The van der Waals surface area contributed by atoms with Gasteiger partial charge in [0.15, 0.2) is 17.2 Å². The van der Waals surface area contributed by atoms with E-state index in [1.807, 2.05) is 41.5 Å². The Kier molecular flexibility index (Phi) is 5.00. The molecule has 3 heterocycles. The molecule has 0 spiro atoms. The molecule has 0 radical (unpaired) electrons. The number of fused-ring (bicyclic) bond motifs is 1. The number of nitrogens with zero attached hydrogens (tertiary/aromatic N) is 9. The van der Waals surface area contributed by atoms with Crippen LogP contribution in [0.2, 0.25) is 0 Å². The van der Waals surface area contributed by atoms with Crippen molar-refractivity contribution in [2.24, 2.45) is 24.3 Å². The summed E-state index contributed by atoms with van der Waals surface area (Å²) in [4.78, 5) is 3.57. The minimum Gasteiger partial charge on any atom is -0.260 e. The fourth-order valence-corrected chi connectivity index (χ4v) is 3.17. The van der Waals surface area contributed by atoms with Crippen LogP contribution in [0.25, 0.3) is 10.5 Å². The van der Waals surface area contributed by atoms with Crippen molar-refractivity contribution in [1.82, 2.24) is 29.2 Å². The van der Waals surface area contributed by atoms with E-state index < -0.39 is 22.8 Å². The Hall–Kier alpha value is -3.23. The first-order chi connectivity index (χ1) is 14.1. The number of aromatic nitrogens is 6. The van der Waals surface area contributed by atoms with Crippen LogP contribution < -0.4 is 0 Å². The van der Waals surface area contributed by atoms with Gasteiger partial charge in [0.1, 0.15) is 0 Å². The van der Waals surface area contributed by atoms with Crippen molar-refractivity contribution in [1.29, 1.82) is 0 Å². The molecule has 0 aromatic carbocycles. The summed E-state index contributed by atoms with van der Waals surface area (Å²) in [6.45, 7) is 18.8. The van der Waals surface area contributed by atoms with Crippen LogP contribution in [0.1, 0.15) is 58.8 Å². The summed E-state index contributed by atoms with van der Waals surface area (Å²) in [5.74, 6) is -0.924. The molecule has 0 bridgehead atoms. The standard InChI is InChI=1S/C19H24F3N9/c1-17(2,3)12-10(23-7)14(29(8)26-12)25-24-11-13(18(4,5)6)27-31-15(11)30(9)28-16(31)19(20,21)22/h1-6,8-9H3/b25-24+. The van der Waals surface area contributed by atoms with E-state index in [0.29, 0.717) is 11.4 Å². The molecule has 0 aliphatic heterocycles. The summed E-state index contributed by atoms with van der Waals surface area (Å²) in [6, 6.07) is 0. The van der Waals surface area contributed by atoms with Gasteiger partial charge in [-0.05, 0) is 5.41 Å². The maximum atomic E-state index is 13.5. The lowest BCUT2D eigenvalue weighted by Gasteiger charge is -2.15.